The van der Waals surface area contributed by atoms with Gasteiger partial charge < -0.3 is 4.74 Å². The second-order valence-electron chi connectivity index (χ2n) is 5.69. The molecule has 0 aliphatic carbocycles. The third-order valence-electron chi connectivity index (χ3n) is 3.98. The molecule has 128 valence electrons. The molecule has 6 nitrogen and oxygen atoms in total. The molecule has 1 aliphatic heterocycles. The summed E-state index contributed by atoms with van der Waals surface area (Å²) >= 11 is 0. The molecule has 0 radical (unpaired) electrons. The average molecular weight is 352 g/mol. The van der Waals surface area contributed by atoms with Crippen LogP contribution in [0.4, 0.5) is 4.39 Å². The minimum Gasteiger partial charge on any atom is -0.460 e. The van der Waals surface area contributed by atoms with Gasteiger partial charge in [0, 0.05) is 30.2 Å². The zero-order chi connectivity index (χ0) is 17.2. The van der Waals surface area contributed by atoms with Gasteiger partial charge in [-0.25, -0.2) is 12.8 Å². The van der Waals surface area contributed by atoms with Crippen LogP contribution in [0.3, 0.4) is 0 Å². The number of ether oxygens (including phenoxy) is 1. The van der Waals surface area contributed by atoms with Crippen LogP contribution in [0.15, 0.2) is 30.5 Å². The van der Waals surface area contributed by atoms with Gasteiger partial charge in [-0.1, -0.05) is 6.07 Å². The molecule has 0 bridgehead atoms. The fourth-order valence-corrected chi connectivity index (χ4v) is 3.88. The zero-order valence-corrected chi connectivity index (χ0v) is 13.8. The Morgan fingerprint density at radius 3 is 2.75 bits per heavy atom. The molecule has 0 N–H and O–H groups in total. The van der Waals surface area contributed by atoms with Crippen LogP contribution < -0.4 is 0 Å². The Balaban J connectivity index is 1.60. The Morgan fingerprint density at radius 2 is 2.00 bits per heavy atom. The molecular formula is C16H17FN2O4S. The third-order valence-corrected chi connectivity index (χ3v) is 5.59. The fourth-order valence-electron chi connectivity index (χ4n) is 2.61. The minimum atomic E-state index is -2.97. The number of benzene rings is 1. The minimum absolute atomic E-state index is 0.00122. The fraction of sp³-hybridized carbons (Fsp3) is 0.375. The van der Waals surface area contributed by atoms with Crippen LogP contribution in [0.1, 0.15) is 5.56 Å². The highest BCUT2D eigenvalue weighted by molar-refractivity contribution is 7.91. The topological polar surface area (TPSA) is 76.6 Å². The molecule has 3 rings (SSSR count). The summed E-state index contributed by atoms with van der Waals surface area (Å²) in [5.41, 5.74) is 1.09. The quantitative estimate of drug-likeness (QED) is 0.768. The van der Waals surface area contributed by atoms with Crippen molar-refractivity contribution < 1.29 is 22.3 Å². The summed E-state index contributed by atoms with van der Waals surface area (Å²) in [5, 5.41) is 0.382. The number of esters is 1. The molecular weight excluding hydrogens is 335 g/mol. The van der Waals surface area contributed by atoms with Crippen molar-refractivity contribution in [1.29, 1.82) is 0 Å². The van der Waals surface area contributed by atoms with E-state index in [0.29, 0.717) is 29.6 Å². The SMILES string of the molecule is O=C(CN1CCS(=O)(=O)CC1)OCc1ccc(F)c2cccnc12. The van der Waals surface area contributed by atoms with Gasteiger partial charge in [0.25, 0.3) is 0 Å². The number of hydrogen-bond donors (Lipinski definition) is 0. The first-order valence-corrected chi connectivity index (χ1v) is 9.37. The van der Waals surface area contributed by atoms with Gasteiger partial charge >= 0.3 is 5.97 Å². The average Bonchev–Trinajstić information content (AvgIpc) is 2.56. The summed E-state index contributed by atoms with van der Waals surface area (Å²) in [6.45, 7) is 0.706. The largest absolute Gasteiger partial charge is 0.460 e. The van der Waals surface area contributed by atoms with E-state index >= 15 is 0 Å². The first-order valence-electron chi connectivity index (χ1n) is 7.55. The van der Waals surface area contributed by atoms with Gasteiger partial charge in [0.2, 0.25) is 0 Å². The Hall–Kier alpha value is -2.06. The van der Waals surface area contributed by atoms with Crippen molar-refractivity contribution in [2.45, 2.75) is 6.61 Å². The van der Waals surface area contributed by atoms with E-state index in [1.165, 1.54) is 6.07 Å². The highest BCUT2D eigenvalue weighted by Gasteiger charge is 2.23. The molecule has 0 spiro atoms. The number of halogens is 1. The lowest BCUT2D eigenvalue weighted by Crippen LogP contribution is -2.43. The van der Waals surface area contributed by atoms with E-state index < -0.39 is 15.8 Å². The molecule has 1 aliphatic rings. The van der Waals surface area contributed by atoms with E-state index in [1.807, 2.05) is 0 Å². The summed E-state index contributed by atoms with van der Waals surface area (Å²) in [7, 11) is -2.97. The zero-order valence-electron chi connectivity index (χ0n) is 12.9. The summed E-state index contributed by atoms with van der Waals surface area (Å²) in [4.78, 5) is 17.8. The van der Waals surface area contributed by atoms with Gasteiger partial charge in [0.15, 0.2) is 9.84 Å². The van der Waals surface area contributed by atoms with Gasteiger partial charge in [-0.2, -0.15) is 0 Å². The van der Waals surface area contributed by atoms with Crippen LogP contribution in [-0.4, -0.2) is 55.4 Å². The van der Waals surface area contributed by atoms with E-state index in [0.717, 1.165) is 0 Å². The van der Waals surface area contributed by atoms with Crippen molar-refractivity contribution in [3.05, 3.63) is 41.8 Å². The Bertz CT molecular complexity index is 856. The molecule has 1 aromatic carbocycles. The van der Waals surface area contributed by atoms with Crippen molar-refractivity contribution >= 4 is 26.7 Å². The van der Waals surface area contributed by atoms with E-state index in [1.54, 1.807) is 29.3 Å². The second-order valence-corrected chi connectivity index (χ2v) is 8.00. The molecule has 1 aromatic heterocycles. The summed E-state index contributed by atoms with van der Waals surface area (Å²) in [5.74, 6) is -0.690. The van der Waals surface area contributed by atoms with Crippen LogP contribution in [0.25, 0.3) is 10.9 Å². The van der Waals surface area contributed by atoms with E-state index in [9.17, 15) is 17.6 Å². The molecule has 0 unspecified atom stereocenters. The lowest BCUT2D eigenvalue weighted by atomic mass is 10.1. The molecule has 0 atom stereocenters. The monoisotopic (exact) mass is 352 g/mol. The number of carbonyl (C=O) groups is 1. The standard InChI is InChI=1S/C16H17FN2O4S/c17-14-4-3-12(16-13(14)2-1-5-18-16)11-23-15(20)10-19-6-8-24(21,22)9-7-19/h1-5H,6-11H2. The molecule has 2 heterocycles. The lowest BCUT2D eigenvalue weighted by molar-refractivity contribution is -0.146. The van der Waals surface area contributed by atoms with Gasteiger partial charge in [0.1, 0.15) is 12.4 Å². The van der Waals surface area contributed by atoms with Crippen molar-refractivity contribution in [3.63, 3.8) is 0 Å². The number of nitrogens with zero attached hydrogens (tertiary/aromatic N) is 2. The van der Waals surface area contributed by atoms with Crippen LogP contribution in [0.2, 0.25) is 0 Å². The number of fused-ring (bicyclic) bond motifs is 1. The Kier molecular flexibility index (Phi) is 4.77. The molecule has 8 heteroatoms. The predicted octanol–water partition coefficient (Wildman–Crippen LogP) is 1.15. The number of rotatable bonds is 4. The Labute approximate surface area is 139 Å². The van der Waals surface area contributed by atoms with Gasteiger partial charge in [-0.05, 0) is 18.2 Å². The maximum atomic E-state index is 13.7. The van der Waals surface area contributed by atoms with Gasteiger partial charge in [0.05, 0.1) is 23.6 Å². The maximum Gasteiger partial charge on any atom is 0.320 e. The summed E-state index contributed by atoms with van der Waals surface area (Å²) in [6.07, 6.45) is 1.56. The predicted molar refractivity (Wildman–Crippen MR) is 86.6 cm³/mol. The maximum absolute atomic E-state index is 13.7. The van der Waals surface area contributed by atoms with Crippen molar-refractivity contribution in [2.24, 2.45) is 0 Å². The number of sulfone groups is 1. The first-order chi connectivity index (χ1) is 11.4. The summed E-state index contributed by atoms with van der Waals surface area (Å²) < 4.78 is 41.7. The van der Waals surface area contributed by atoms with Crippen molar-refractivity contribution in [1.82, 2.24) is 9.88 Å². The molecule has 0 saturated carbocycles. The Morgan fingerprint density at radius 1 is 1.25 bits per heavy atom. The van der Waals surface area contributed by atoms with E-state index in [-0.39, 0.29) is 30.5 Å². The van der Waals surface area contributed by atoms with E-state index in [2.05, 4.69) is 4.98 Å². The smallest absolute Gasteiger partial charge is 0.320 e. The highest BCUT2D eigenvalue weighted by atomic mass is 32.2. The molecule has 2 aromatic rings. The number of hydrogen-bond acceptors (Lipinski definition) is 6. The van der Waals surface area contributed by atoms with Gasteiger partial charge in [-0.15, -0.1) is 0 Å². The highest BCUT2D eigenvalue weighted by Crippen LogP contribution is 2.20. The third kappa shape index (κ3) is 3.88. The van der Waals surface area contributed by atoms with Crippen LogP contribution in [-0.2, 0) is 26.0 Å². The van der Waals surface area contributed by atoms with Crippen LogP contribution in [0, 0.1) is 5.82 Å². The molecule has 24 heavy (non-hydrogen) atoms. The molecule has 1 fully saturated rings. The van der Waals surface area contributed by atoms with Crippen molar-refractivity contribution in [3.8, 4) is 0 Å². The normalized spacial score (nSPS) is 17.7. The van der Waals surface area contributed by atoms with E-state index in [4.69, 9.17) is 4.74 Å². The first kappa shape index (κ1) is 16.8. The lowest BCUT2D eigenvalue weighted by Gasteiger charge is -2.25. The van der Waals surface area contributed by atoms with Gasteiger partial charge in [-0.3, -0.25) is 14.7 Å². The second kappa shape index (κ2) is 6.82. The van der Waals surface area contributed by atoms with Crippen molar-refractivity contribution in [2.75, 3.05) is 31.1 Å². The van der Waals surface area contributed by atoms with Crippen LogP contribution >= 0.6 is 0 Å². The number of pyridine rings is 1. The molecule has 1 saturated heterocycles. The van der Waals surface area contributed by atoms with Crippen LogP contribution in [0.5, 0.6) is 0 Å². The summed E-state index contributed by atoms with van der Waals surface area (Å²) in [6, 6.07) is 6.14. The number of aromatic nitrogens is 1. The number of carbonyl (C=O) groups excluding carboxylic acids is 1. The molecule has 0 amide bonds.